The highest BCUT2D eigenvalue weighted by molar-refractivity contribution is 6.42. The highest BCUT2D eigenvalue weighted by Gasteiger charge is 2.10. The lowest BCUT2D eigenvalue weighted by molar-refractivity contribution is 0.458. The van der Waals surface area contributed by atoms with Gasteiger partial charge < -0.3 is 10.1 Å². The van der Waals surface area contributed by atoms with Gasteiger partial charge in [0.05, 0.1) is 5.02 Å². The summed E-state index contributed by atoms with van der Waals surface area (Å²) in [6, 6.07) is 5.23. The lowest BCUT2D eigenvalue weighted by atomic mass is 10.3. The van der Waals surface area contributed by atoms with Crippen molar-refractivity contribution in [1.82, 2.24) is 9.97 Å². The van der Waals surface area contributed by atoms with E-state index < -0.39 is 0 Å². The molecule has 0 atom stereocenters. The molecule has 0 aliphatic rings. The quantitative estimate of drug-likeness (QED) is 0.869. The SMILES string of the molecule is CCCNc1ncc(C)c(Oc2cccc(Cl)c2Cl)n1. The molecular weight excluding hydrogens is 297 g/mol. The molecule has 0 fully saturated rings. The molecule has 0 bridgehead atoms. The zero-order chi connectivity index (χ0) is 14.5. The van der Waals surface area contributed by atoms with Crippen LogP contribution in [0.1, 0.15) is 18.9 Å². The average molecular weight is 312 g/mol. The van der Waals surface area contributed by atoms with Crippen LogP contribution in [0, 0.1) is 6.92 Å². The van der Waals surface area contributed by atoms with E-state index in [2.05, 4.69) is 22.2 Å². The maximum Gasteiger partial charge on any atom is 0.227 e. The molecule has 0 saturated heterocycles. The summed E-state index contributed by atoms with van der Waals surface area (Å²) in [6.45, 7) is 4.75. The summed E-state index contributed by atoms with van der Waals surface area (Å²) >= 11 is 12.1. The van der Waals surface area contributed by atoms with Crippen LogP contribution >= 0.6 is 23.2 Å². The van der Waals surface area contributed by atoms with Gasteiger partial charge in [-0.15, -0.1) is 0 Å². The molecular formula is C14H15Cl2N3O. The molecule has 1 aromatic carbocycles. The molecule has 0 aliphatic carbocycles. The smallest absolute Gasteiger partial charge is 0.227 e. The zero-order valence-corrected chi connectivity index (χ0v) is 12.8. The Morgan fingerprint density at radius 2 is 2.10 bits per heavy atom. The van der Waals surface area contributed by atoms with Gasteiger partial charge in [-0.05, 0) is 25.5 Å². The van der Waals surface area contributed by atoms with Gasteiger partial charge in [-0.2, -0.15) is 4.98 Å². The van der Waals surface area contributed by atoms with Gasteiger partial charge in [0.2, 0.25) is 11.8 Å². The summed E-state index contributed by atoms with van der Waals surface area (Å²) in [5.41, 5.74) is 0.822. The normalized spacial score (nSPS) is 10.4. The first-order valence-electron chi connectivity index (χ1n) is 6.31. The van der Waals surface area contributed by atoms with Gasteiger partial charge in [0.15, 0.2) is 0 Å². The van der Waals surface area contributed by atoms with Crippen LogP contribution in [0.2, 0.25) is 10.0 Å². The van der Waals surface area contributed by atoms with Gasteiger partial charge in [0.1, 0.15) is 10.8 Å². The average Bonchev–Trinajstić information content (AvgIpc) is 2.44. The fourth-order valence-corrected chi connectivity index (χ4v) is 1.85. The van der Waals surface area contributed by atoms with Crippen molar-refractivity contribution in [3.05, 3.63) is 40.0 Å². The molecule has 1 aromatic heterocycles. The molecule has 0 unspecified atom stereocenters. The third-order valence-electron chi connectivity index (χ3n) is 2.58. The number of benzene rings is 1. The summed E-state index contributed by atoms with van der Waals surface area (Å²) in [4.78, 5) is 8.53. The summed E-state index contributed by atoms with van der Waals surface area (Å²) in [7, 11) is 0. The van der Waals surface area contributed by atoms with Gasteiger partial charge in [0.25, 0.3) is 0 Å². The largest absolute Gasteiger partial charge is 0.437 e. The highest BCUT2D eigenvalue weighted by Crippen LogP contribution is 2.34. The van der Waals surface area contributed by atoms with Gasteiger partial charge in [-0.1, -0.05) is 36.2 Å². The fourth-order valence-electron chi connectivity index (χ4n) is 1.52. The van der Waals surface area contributed by atoms with Crippen molar-refractivity contribution in [3.8, 4) is 11.6 Å². The maximum atomic E-state index is 6.10. The number of nitrogens with zero attached hydrogens (tertiary/aromatic N) is 2. The number of aromatic nitrogens is 2. The Morgan fingerprint density at radius 3 is 2.85 bits per heavy atom. The molecule has 20 heavy (non-hydrogen) atoms. The van der Waals surface area contributed by atoms with Crippen LogP contribution in [0.5, 0.6) is 11.6 Å². The van der Waals surface area contributed by atoms with E-state index in [1.54, 1.807) is 24.4 Å². The fraction of sp³-hybridized carbons (Fsp3) is 0.286. The molecule has 4 nitrogen and oxygen atoms in total. The minimum Gasteiger partial charge on any atom is -0.437 e. The first-order chi connectivity index (χ1) is 9.61. The van der Waals surface area contributed by atoms with Gasteiger partial charge >= 0.3 is 0 Å². The molecule has 1 heterocycles. The van der Waals surface area contributed by atoms with Crippen LogP contribution in [-0.4, -0.2) is 16.5 Å². The number of nitrogens with one attached hydrogen (secondary N) is 1. The Morgan fingerprint density at radius 1 is 1.30 bits per heavy atom. The number of anilines is 1. The third kappa shape index (κ3) is 3.52. The van der Waals surface area contributed by atoms with E-state index in [0.717, 1.165) is 18.5 Å². The number of aryl methyl sites for hydroxylation is 1. The molecule has 0 radical (unpaired) electrons. The van der Waals surface area contributed by atoms with E-state index in [1.807, 2.05) is 6.92 Å². The second-order valence-corrected chi connectivity index (χ2v) is 5.05. The minimum absolute atomic E-state index is 0.371. The summed E-state index contributed by atoms with van der Waals surface area (Å²) < 4.78 is 5.73. The predicted molar refractivity (Wildman–Crippen MR) is 82.1 cm³/mol. The molecule has 0 spiro atoms. The van der Waals surface area contributed by atoms with Gasteiger partial charge in [-0.25, -0.2) is 4.98 Å². The molecule has 0 aliphatic heterocycles. The highest BCUT2D eigenvalue weighted by atomic mass is 35.5. The van der Waals surface area contributed by atoms with Crippen LogP contribution in [-0.2, 0) is 0 Å². The zero-order valence-electron chi connectivity index (χ0n) is 11.3. The van der Waals surface area contributed by atoms with Crippen molar-refractivity contribution in [3.63, 3.8) is 0 Å². The Hall–Kier alpha value is -1.52. The monoisotopic (exact) mass is 311 g/mol. The van der Waals surface area contributed by atoms with Crippen molar-refractivity contribution in [1.29, 1.82) is 0 Å². The van der Waals surface area contributed by atoms with Crippen LogP contribution in [0.25, 0.3) is 0 Å². The number of hydrogen-bond donors (Lipinski definition) is 1. The molecule has 6 heteroatoms. The van der Waals surface area contributed by atoms with Gasteiger partial charge in [0, 0.05) is 18.3 Å². The van der Waals surface area contributed by atoms with Crippen molar-refractivity contribution in [2.75, 3.05) is 11.9 Å². The summed E-state index contributed by atoms with van der Waals surface area (Å²) in [6.07, 6.45) is 2.70. The van der Waals surface area contributed by atoms with Crippen LogP contribution in [0.3, 0.4) is 0 Å². The van der Waals surface area contributed by atoms with Crippen molar-refractivity contribution in [2.45, 2.75) is 20.3 Å². The number of ether oxygens (including phenoxy) is 1. The molecule has 0 amide bonds. The van der Waals surface area contributed by atoms with E-state index >= 15 is 0 Å². The second kappa shape index (κ2) is 6.77. The van der Waals surface area contributed by atoms with E-state index in [9.17, 15) is 0 Å². The molecule has 2 aromatic rings. The number of halogens is 2. The Balaban J connectivity index is 2.26. The summed E-state index contributed by atoms with van der Waals surface area (Å²) in [5.74, 6) is 1.47. The first kappa shape index (κ1) is 14.9. The van der Waals surface area contributed by atoms with Crippen LogP contribution in [0.4, 0.5) is 5.95 Å². The predicted octanol–water partition coefficient (Wildman–Crippen LogP) is 4.71. The van der Waals surface area contributed by atoms with Gasteiger partial charge in [-0.3, -0.25) is 0 Å². The van der Waals surface area contributed by atoms with E-state index in [1.165, 1.54) is 0 Å². The van der Waals surface area contributed by atoms with E-state index in [4.69, 9.17) is 27.9 Å². The molecule has 106 valence electrons. The standard InChI is InChI=1S/C14H15Cl2N3O/c1-3-7-17-14-18-8-9(2)13(19-14)20-11-6-4-5-10(15)12(11)16/h4-6,8H,3,7H2,1-2H3,(H,17,18,19). The first-order valence-corrected chi connectivity index (χ1v) is 7.06. The second-order valence-electron chi connectivity index (χ2n) is 4.26. The van der Waals surface area contributed by atoms with E-state index in [0.29, 0.717) is 27.6 Å². The van der Waals surface area contributed by atoms with Crippen molar-refractivity contribution < 1.29 is 4.74 Å². The topological polar surface area (TPSA) is 47.0 Å². The lowest BCUT2D eigenvalue weighted by Gasteiger charge is -2.11. The molecule has 0 saturated carbocycles. The maximum absolute atomic E-state index is 6.10. The number of rotatable bonds is 5. The van der Waals surface area contributed by atoms with Crippen LogP contribution in [0.15, 0.2) is 24.4 Å². The Bertz CT molecular complexity index is 605. The molecule has 1 N–H and O–H groups in total. The Kier molecular flexibility index (Phi) is 5.04. The van der Waals surface area contributed by atoms with Crippen LogP contribution < -0.4 is 10.1 Å². The lowest BCUT2D eigenvalue weighted by Crippen LogP contribution is -2.05. The van der Waals surface area contributed by atoms with E-state index in [-0.39, 0.29) is 0 Å². The number of hydrogen-bond acceptors (Lipinski definition) is 4. The third-order valence-corrected chi connectivity index (χ3v) is 3.38. The van der Waals surface area contributed by atoms with Crippen molar-refractivity contribution >= 4 is 29.2 Å². The Labute approximate surface area is 128 Å². The molecule has 2 rings (SSSR count). The minimum atomic E-state index is 0.371. The summed E-state index contributed by atoms with van der Waals surface area (Å²) in [5, 5.41) is 3.93. The van der Waals surface area contributed by atoms with Crippen molar-refractivity contribution in [2.24, 2.45) is 0 Å².